The van der Waals surface area contributed by atoms with Gasteiger partial charge in [-0.05, 0) is 58.4 Å². The van der Waals surface area contributed by atoms with Crippen LogP contribution < -0.4 is 5.46 Å². The molecule has 1 aromatic heterocycles. The second-order valence-electron chi connectivity index (χ2n) is 8.47. The molecule has 0 atom stereocenters. The minimum absolute atomic E-state index is 0.125. The monoisotopic (exact) mass is 402 g/mol. The van der Waals surface area contributed by atoms with Gasteiger partial charge in [0.15, 0.2) is 0 Å². The quantitative estimate of drug-likeness (QED) is 0.619. The summed E-state index contributed by atoms with van der Waals surface area (Å²) in [6.45, 7) is 9.48. The zero-order chi connectivity index (χ0) is 21.1. The number of hydrogen-bond donors (Lipinski definition) is 0. The molecule has 152 valence electrons. The second-order valence-corrected chi connectivity index (χ2v) is 8.47. The number of aryl methyl sites for hydroxylation is 1. The average molecular weight is 402 g/mol. The number of halogens is 3. The van der Waals surface area contributed by atoms with Crippen molar-refractivity contribution < 1.29 is 22.5 Å². The van der Waals surface area contributed by atoms with E-state index in [1.54, 1.807) is 19.1 Å². The number of nitrogens with zero attached hydrogens (tertiary/aromatic N) is 2. The maximum atomic E-state index is 15.4. The molecule has 0 saturated carbocycles. The van der Waals surface area contributed by atoms with Crippen LogP contribution in [0.4, 0.5) is 13.2 Å². The molecule has 4 nitrogen and oxygen atoms in total. The lowest BCUT2D eigenvalue weighted by Gasteiger charge is -2.32. The van der Waals surface area contributed by atoms with Gasteiger partial charge in [0.05, 0.1) is 28.6 Å². The van der Waals surface area contributed by atoms with Gasteiger partial charge in [-0.25, -0.2) is 13.2 Å². The minimum Gasteiger partial charge on any atom is -0.399 e. The van der Waals surface area contributed by atoms with Crippen molar-refractivity contribution in [3.63, 3.8) is 0 Å². The summed E-state index contributed by atoms with van der Waals surface area (Å²) >= 11 is 0. The van der Waals surface area contributed by atoms with Gasteiger partial charge < -0.3 is 9.31 Å². The van der Waals surface area contributed by atoms with Crippen LogP contribution in [-0.4, -0.2) is 28.1 Å². The van der Waals surface area contributed by atoms with Gasteiger partial charge in [0.2, 0.25) is 0 Å². The Balaban J connectivity index is 1.73. The normalized spacial score (nSPS) is 18.0. The maximum absolute atomic E-state index is 15.4. The first-order chi connectivity index (χ1) is 13.5. The fourth-order valence-electron chi connectivity index (χ4n) is 3.52. The zero-order valence-corrected chi connectivity index (χ0v) is 17.0. The standard InChI is InChI=1S/C21H22BF3N2O2/c1-12-18-17(26-27(12)11-13-8-14(23)10-15(24)9-13)7-6-16(19(18)25)22-28-20(2,3)21(4,5)29-22/h6-10H,11H2,1-5H3. The zero-order valence-electron chi connectivity index (χ0n) is 17.0. The van der Waals surface area contributed by atoms with E-state index >= 15 is 4.39 Å². The lowest BCUT2D eigenvalue weighted by molar-refractivity contribution is 0.00578. The van der Waals surface area contributed by atoms with Gasteiger partial charge in [-0.15, -0.1) is 0 Å². The van der Waals surface area contributed by atoms with E-state index in [9.17, 15) is 8.78 Å². The second kappa shape index (κ2) is 6.60. The van der Waals surface area contributed by atoms with Crippen LogP contribution in [0.25, 0.3) is 10.9 Å². The molecule has 1 aliphatic heterocycles. The highest BCUT2D eigenvalue weighted by Crippen LogP contribution is 2.37. The third kappa shape index (κ3) is 3.34. The molecule has 0 amide bonds. The number of rotatable bonds is 3. The lowest BCUT2D eigenvalue weighted by atomic mass is 9.78. The first kappa shape index (κ1) is 20.0. The molecule has 1 aliphatic rings. The number of benzene rings is 2. The first-order valence-corrected chi connectivity index (χ1v) is 9.45. The first-order valence-electron chi connectivity index (χ1n) is 9.45. The molecule has 2 heterocycles. The highest BCUT2D eigenvalue weighted by molar-refractivity contribution is 6.62. The predicted molar refractivity (Wildman–Crippen MR) is 106 cm³/mol. The van der Waals surface area contributed by atoms with Crippen LogP contribution >= 0.6 is 0 Å². The molecule has 3 aromatic rings. The third-order valence-corrected chi connectivity index (χ3v) is 5.89. The molecule has 8 heteroatoms. The Hall–Kier alpha value is -2.32. The molecule has 1 fully saturated rings. The Labute approximate surface area is 167 Å². The van der Waals surface area contributed by atoms with E-state index in [2.05, 4.69) is 5.10 Å². The van der Waals surface area contributed by atoms with Gasteiger partial charge in [0.25, 0.3) is 0 Å². The van der Waals surface area contributed by atoms with Crippen LogP contribution in [0.1, 0.15) is 39.0 Å². The molecule has 0 spiro atoms. The highest BCUT2D eigenvalue weighted by atomic mass is 19.1. The fourth-order valence-corrected chi connectivity index (χ4v) is 3.52. The number of aromatic nitrogens is 2. The molecular weight excluding hydrogens is 380 g/mol. The summed E-state index contributed by atoms with van der Waals surface area (Å²) < 4.78 is 55.9. The van der Waals surface area contributed by atoms with E-state index in [1.165, 1.54) is 16.8 Å². The largest absolute Gasteiger partial charge is 0.497 e. The Bertz CT molecular complexity index is 1070. The topological polar surface area (TPSA) is 36.3 Å². The summed E-state index contributed by atoms with van der Waals surface area (Å²) in [5, 5.41) is 4.74. The average Bonchev–Trinajstić information content (AvgIpc) is 3.00. The predicted octanol–water partition coefficient (Wildman–Crippen LogP) is 4.11. The Morgan fingerprint density at radius 1 is 0.966 bits per heavy atom. The summed E-state index contributed by atoms with van der Waals surface area (Å²) in [5.41, 5.74) is 0.553. The van der Waals surface area contributed by atoms with Gasteiger partial charge in [-0.1, -0.05) is 6.07 Å². The van der Waals surface area contributed by atoms with Gasteiger partial charge in [-0.3, -0.25) is 4.68 Å². The summed E-state index contributed by atoms with van der Waals surface area (Å²) in [7, 11) is -0.829. The molecule has 1 saturated heterocycles. The molecule has 0 N–H and O–H groups in total. The maximum Gasteiger partial charge on any atom is 0.497 e. The van der Waals surface area contributed by atoms with Crippen molar-refractivity contribution in [2.75, 3.05) is 0 Å². The Morgan fingerprint density at radius 3 is 2.14 bits per heavy atom. The third-order valence-electron chi connectivity index (χ3n) is 5.89. The van der Waals surface area contributed by atoms with E-state index in [0.717, 1.165) is 6.07 Å². The van der Waals surface area contributed by atoms with E-state index in [-0.39, 0.29) is 6.54 Å². The summed E-state index contributed by atoms with van der Waals surface area (Å²) in [6, 6.07) is 6.60. The van der Waals surface area contributed by atoms with Crippen molar-refractivity contribution in [2.24, 2.45) is 0 Å². The molecule has 0 aliphatic carbocycles. The molecule has 29 heavy (non-hydrogen) atoms. The smallest absolute Gasteiger partial charge is 0.399 e. The van der Waals surface area contributed by atoms with Crippen molar-refractivity contribution in [3.8, 4) is 0 Å². The van der Waals surface area contributed by atoms with E-state index in [4.69, 9.17) is 9.31 Å². The number of hydrogen-bond acceptors (Lipinski definition) is 3. The summed E-state index contributed by atoms with van der Waals surface area (Å²) in [6.07, 6.45) is 0. The van der Waals surface area contributed by atoms with E-state index < -0.39 is 35.8 Å². The van der Waals surface area contributed by atoms with E-state index in [0.29, 0.717) is 27.6 Å². The molecule has 0 radical (unpaired) electrons. The Kier molecular flexibility index (Phi) is 4.55. The van der Waals surface area contributed by atoms with Crippen molar-refractivity contribution in [1.29, 1.82) is 0 Å². The van der Waals surface area contributed by atoms with Crippen LogP contribution in [-0.2, 0) is 15.9 Å². The highest BCUT2D eigenvalue weighted by Gasteiger charge is 2.52. The molecule has 2 aromatic carbocycles. The van der Waals surface area contributed by atoms with Crippen molar-refractivity contribution in [1.82, 2.24) is 9.78 Å². The fraction of sp³-hybridized carbons (Fsp3) is 0.381. The molecular formula is C21H22BF3N2O2. The number of fused-ring (bicyclic) bond motifs is 1. The van der Waals surface area contributed by atoms with Crippen molar-refractivity contribution >= 4 is 23.5 Å². The minimum atomic E-state index is -0.829. The van der Waals surface area contributed by atoms with Crippen LogP contribution in [0.2, 0.25) is 0 Å². The van der Waals surface area contributed by atoms with Crippen molar-refractivity contribution in [2.45, 2.75) is 52.4 Å². The molecule has 0 unspecified atom stereocenters. The van der Waals surface area contributed by atoms with Gasteiger partial charge >= 0.3 is 7.12 Å². The van der Waals surface area contributed by atoms with Crippen LogP contribution in [0.5, 0.6) is 0 Å². The van der Waals surface area contributed by atoms with Crippen LogP contribution in [0, 0.1) is 24.4 Å². The lowest BCUT2D eigenvalue weighted by Crippen LogP contribution is -2.41. The van der Waals surface area contributed by atoms with E-state index in [1.807, 2.05) is 27.7 Å². The van der Waals surface area contributed by atoms with Gasteiger partial charge in [-0.2, -0.15) is 5.10 Å². The van der Waals surface area contributed by atoms with Crippen LogP contribution in [0.3, 0.4) is 0 Å². The SMILES string of the molecule is Cc1c2c(F)c(B3OC(C)(C)C(C)(C)O3)ccc2nn1Cc1cc(F)cc(F)c1. The molecule has 0 bridgehead atoms. The van der Waals surface area contributed by atoms with Crippen LogP contribution in [0.15, 0.2) is 30.3 Å². The summed E-state index contributed by atoms with van der Waals surface area (Å²) in [4.78, 5) is 0. The van der Waals surface area contributed by atoms with Crippen molar-refractivity contribution in [3.05, 3.63) is 59.0 Å². The van der Waals surface area contributed by atoms with Gasteiger partial charge in [0, 0.05) is 17.2 Å². The summed E-state index contributed by atoms with van der Waals surface area (Å²) in [5.74, 6) is -1.79. The molecule has 4 rings (SSSR count). The Morgan fingerprint density at radius 2 is 1.55 bits per heavy atom. The van der Waals surface area contributed by atoms with Gasteiger partial charge in [0.1, 0.15) is 17.5 Å².